The lowest BCUT2D eigenvalue weighted by Gasteiger charge is -2.35. The van der Waals surface area contributed by atoms with Gasteiger partial charge in [-0.05, 0) is 74.7 Å². The first kappa shape index (κ1) is 23.8. The van der Waals surface area contributed by atoms with Gasteiger partial charge in [-0.2, -0.15) is 0 Å². The monoisotopic (exact) mass is 450 g/mol. The molecule has 0 fully saturated rings. The molecule has 1 unspecified atom stereocenters. The summed E-state index contributed by atoms with van der Waals surface area (Å²) < 4.78 is 6.14. The van der Waals surface area contributed by atoms with Gasteiger partial charge in [0.05, 0.1) is 6.10 Å². The van der Waals surface area contributed by atoms with Gasteiger partial charge in [0.15, 0.2) is 5.78 Å². The highest BCUT2D eigenvalue weighted by Gasteiger charge is 2.47. The number of carbonyl (C=O) groups is 1. The van der Waals surface area contributed by atoms with Crippen molar-refractivity contribution in [3.8, 4) is 5.75 Å². The van der Waals surface area contributed by atoms with Crippen LogP contribution < -0.4 is 10.1 Å². The second kappa shape index (κ2) is 9.11. The number of benzene rings is 1. The first-order valence-corrected chi connectivity index (χ1v) is 12.3. The number of ether oxygens (including phenoxy) is 1. The van der Waals surface area contributed by atoms with Gasteiger partial charge in [-0.25, -0.2) is 0 Å². The summed E-state index contributed by atoms with van der Waals surface area (Å²) in [6.07, 6.45) is 5.35. The number of rotatable bonds is 8. The zero-order valence-electron chi connectivity index (χ0n) is 20.9. The predicted molar refractivity (Wildman–Crippen MR) is 133 cm³/mol. The Balaban J connectivity index is 1.63. The van der Waals surface area contributed by atoms with Gasteiger partial charge >= 0.3 is 0 Å². The molecule has 0 bridgehead atoms. The van der Waals surface area contributed by atoms with E-state index in [0.29, 0.717) is 13.0 Å². The van der Waals surface area contributed by atoms with E-state index in [-0.39, 0.29) is 23.2 Å². The van der Waals surface area contributed by atoms with Gasteiger partial charge in [-0.15, -0.1) is 0 Å². The van der Waals surface area contributed by atoms with Crippen molar-refractivity contribution in [3.63, 3.8) is 0 Å². The molecule has 33 heavy (non-hydrogen) atoms. The molecule has 0 aromatic heterocycles. The normalized spacial score (nSPS) is 21.7. The van der Waals surface area contributed by atoms with Crippen molar-refractivity contribution < 1.29 is 14.6 Å². The van der Waals surface area contributed by atoms with E-state index in [9.17, 15) is 9.90 Å². The van der Waals surface area contributed by atoms with Crippen LogP contribution in [-0.4, -0.2) is 48.1 Å². The molecule has 5 heteroatoms. The second-order valence-electron chi connectivity index (χ2n) is 10.1. The minimum absolute atomic E-state index is 0.0714. The highest BCUT2D eigenvalue weighted by molar-refractivity contribution is 6.14. The van der Waals surface area contributed by atoms with E-state index < -0.39 is 0 Å². The molecule has 5 nitrogen and oxygen atoms in total. The summed E-state index contributed by atoms with van der Waals surface area (Å²) in [5, 5.41) is 13.4. The van der Waals surface area contributed by atoms with Gasteiger partial charge in [0.25, 0.3) is 0 Å². The maximum Gasteiger partial charge on any atom is 0.192 e. The molecule has 0 radical (unpaired) electrons. The van der Waals surface area contributed by atoms with Crippen LogP contribution in [0.4, 0.5) is 0 Å². The number of nitrogens with zero attached hydrogens (tertiary/aromatic N) is 1. The Morgan fingerprint density at radius 1 is 1.27 bits per heavy atom. The Labute approximate surface area is 198 Å². The first-order chi connectivity index (χ1) is 15.7. The summed E-state index contributed by atoms with van der Waals surface area (Å²) in [5.41, 5.74) is 6.65. The van der Waals surface area contributed by atoms with E-state index in [2.05, 4.69) is 56.1 Å². The third kappa shape index (κ3) is 4.29. The van der Waals surface area contributed by atoms with Crippen LogP contribution in [0.2, 0.25) is 0 Å². The number of ketones is 1. The number of carbonyl (C=O) groups excluding carboxylic acids is 1. The van der Waals surface area contributed by atoms with Crippen LogP contribution in [0.3, 0.4) is 0 Å². The van der Waals surface area contributed by atoms with E-state index in [1.807, 2.05) is 19.9 Å². The summed E-state index contributed by atoms with van der Waals surface area (Å²) >= 11 is 0. The molecule has 0 spiro atoms. The number of hydrogen-bond donors (Lipinski definition) is 2. The summed E-state index contributed by atoms with van der Waals surface area (Å²) in [6, 6.07) is 4.09. The average molecular weight is 451 g/mol. The minimum Gasteiger partial charge on any atom is -0.492 e. The molecule has 0 saturated carbocycles. The molecule has 1 aromatic carbocycles. The predicted octanol–water partition coefficient (Wildman–Crippen LogP) is 4.65. The van der Waals surface area contributed by atoms with Crippen molar-refractivity contribution in [2.75, 3.05) is 26.2 Å². The molecule has 3 aliphatic rings. The SMILES string of the molecule is CCN(CC)CCOc1cc(C)c2c(c1)C(C)(C)C1=C(C2=O)C2CC=C(C[C@H](C)O)C=C2N1. The highest BCUT2D eigenvalue weighted by Crippen LogP contribution is 2.50. The zero-order chi connectivity index (χ0) is 23.9. The Morgan fingerprint density at radius 3 is 2.67 bits per heavy atom. The van der Waals surface area contributed by atoms with Gasteiger partial charge in [0.1, 0.15) is 12.4 Å². The molecule has 178 valence electrons. The molecule has 2 N–H and O–H groups in total. The molecule has 4 rings (SSSR count). The molecule has 1 aromatic rings. The van der Waals surface area contributed by atoms with Crippen molar-refractivity contribution in [1.82, 2.24) is 10.2 Å². The Hall–Kier alpha value is -2.37. The van der Waals surface area contributed by atoms with E-state index in [0.717, 1.165) is 71.0 Å². The molecule has 1 aliphatic heterocycles. The molecule has 2 atom stereocenters. The number of likely N-dealkylation sites (N-methyl/N-ethyl adjacent to an activating group) is 1. The Bertz CT molecular complexity index is 1040. The number of hydrogen-bond acceptors (Lipinski definition) is 5. The van der Waals surface area contributed by atoms with E-state index in [1.165, 1.54) is 0 Å². The van der Waals surface area contributed by atoms with Gasteiger partial charge in [0, 0.05) is 40.4 Å². The molecule has 0 saturated heterocycles. The zero-order valence-corrected chi connectivity index (χ0v) is 20.9. The number of aliphatic hydroxyl groups excluding tert-OH is 1. The summed E-state index contributed by atoms with van der Waals surface area (Å²) in [7, 11) is 0. The maximum atomic E-state index is 13.8. The number of fused-ring (bicyclic) bond motifs is 3. The average Bonchev–Trinajstić information content (AvgIpc) is 3.15. The minimum atomic E-state index is -0.376. The first-order valence-electron chi connectivity index (χ1n) is 12.3. The molecule has 1 heterocycles. The molecular formula is C28H38N2O3. The van der Waals surface area contributed by atoms with Crippen LogP contribution in [0, 0.1) is 12.8 Å². The molecule has 0 amide bonds. The quantitative estimate of drug-likeness (QED) is 0.604. The molecule has 2 aliphatic carbocycles. The summed E-state index contributed by atoms with van der Waals surface area (Å²) in [6.45, 7) is 16.1. The van der Waals surface area contributed by atoms with Crippen LogP contribution >= 0.6 is 0 Å². The van der Waals surface area contributed by atoms with Crippen molar-refractivity contribution in [2.24, 2.45) is 5.92 Å². The lowest BCUT2D eigenvalue weighted by molar-refractivity contribution is 0.101. The third-order valence-corrected chi connectivity index (χ3v) is 7.40. The lowest BCUT2D eigenvalue weighted by atomic mass is 9.68. The Kier molecular flexibility index (Phi) is 6.56. The number of aryl methyl sites for hydroxylation is 1. The number of nitrogens with one attached hydrogen (secondary N) is 1. The highest BCUT2D eigenvalue weighted by atomic mass is 16.5. The standard InChI is InChI=1S/C28H38N2O3/c1-7-30(8-2)11-12-33-20-13-17(3)24-22(16-20)28(5,6)27-25(26(24)32)21-10-9-19(14-18(4)31)15-23(21)29-27/h9,13,15-16,18,21,29,31H,7-8,10-12,14H2,1-6H3/t18-,21?/m0/s1. The van der Waals surface area contributed by atoms with Crippen molar-refractivity contribution in [2.45, 2.75) is 65.9 Å². The largest absolute Gasteiger partial charge is 0.492 e. The summed E-state index contributed by atoms with van der Waals surface area (Å²) in [5.74, 6) is 1.04. The van der Waals surface area contributed by atoms with Crippen LogP contribution in [0.5, 0.6) is 5.75 Å². The van der Waals surface area contributed by atoms with E-state index >= 15 is 0 Å². The second-order valence-corrected chi connectivity index (χ2v) is 10.1. The number of aliphatic hydroxyl groups is 1. The van der Waals surface area contributed by atoms with Gasteiger partial charge < -0.3 is 20.1 Å². The smallest absolute Gasteiger partial charge is 0.192 e. The molecular weight excluding hydrogens is 412 g/mol. The van der Waals surface area contributed by atoms with Crippen LogP contribution in [0.15, 0.2) is 46.8 Å². The van der Waals surface area contributed by atoms with Crippen LogP contribution in [0.1, 0.15) is 68.9 Å². The number of allylic oxidation sites excluding steroid dienone is 4. The fourth-order valence-corrected chi connectivity index (χ4v) is 5.52. The van der Waals surface area contributed by atoms with E-state index in [4.69, 9.17) is 4.74 Å². The summed E-state index contributed by atoms with van der Waals surface area (Å²) in [4.78, 5) is 16.1. The van der Waals surface area contributed by atoms with E-state index in [1.54, 1.807) is 0 Å². The number of Topliss-reactive ketones (excluding diaryl/α,β-unsaturated/α-hetero) is 1. The fraction of sp³-hybridized carbons (Fsp3) is 0.536. The van der Waals surface area contributed by atoms with Crippen molar-refractivity contribution in [1.29, 1.82) is 0 Å². The third-order valence-electron chi connectivity index (χ3n) is 7.40. The van der Waals surface area contributed by atoms with Crippen molar-refractivity contribution >= 4 is 5.78 Å². The van der Waals surface area contributed by atoms with Gasteiger partial charge in [-0.1, -0.05) is 33.8 Å². The van der Waals surface area contributed by atoms with Crippen LogP contribution in [-0.2, 0) is 5.41 Å². The maximum absolute atomic E-state index is 13.8. The van der Waals surface area contributed by atoms with Gasteiger partial charge in [-0.3, -0.25) is 4.79 Å². The van der Waals surface area contributed by atoms with Gasteiger partial charge in [0.2, 0.25) is 0 Å². The Morgan fingerprint density at radius 2 is 2.00 bits per heavy atom. The topological polar surface area (TPSA) is 61.8 Å². The van der Waals surface area contributed by atoms with Crippen molar-refractivity contribution in [3.05, 3.63) is 63.5 Å². The lowest BCUT2D eigenvalue weighted by Crippen LogP contribution is -2.35. The fourth-order valence-electron chi connectivity index (χ4n) is 5.52. The van der Waals surface area contributed by atoms with Crippen LogP contribution in [0.25, 0.3) is 0 Å².